The van der Waals surface area contributed by atoms with E-state index < -0.39 is 17.8 Å². The van der Waals surface area contributed by atoms with Crippen molar-refractivity contribution in [3.8, 4) is 0 Å². The number of nitrogens with two attached hydrogens (primary N) is 2. The molecule has 2 bridgehead atoms. The number of carboxylic acid groups (broad SMARTS) is 1. The van der Waals surface area contributed by atoms with Crippen LogP contribution in [-0.2, 0) is 30.4 Å². The largest absolute Gasteiger partial charge is 0.481 e. The Kier molecular flexibility index (Phi) is 8.95. The third kappa shape index (κ3) is 5.52. The molecule has 4 aliphatic carbocycles. The fraction of sp³-hybridized carbons (Fsp3) is 0.758. The number of aliphatic imine (C=N–C) groups is 1. The third-order valence-electron chi connectivity index (χ3n) is 11.4. The number of carbonyl (C=O) groups is 2. The zero-order valence-electron chi connectivity index (χ0n) is 26.3. The number of guanidine groups is 1. The van der Waals surface area contributed by atoms with E-state index in [-0.39, 0.29) is 59.1 Å². The molecule has 1 aromatic heterocycles. The summed E-state index contributed by atoms with van der Waals surface area (Å²) in [5.74, 6) is -0.576. The molecule has 4 fully saturated rings. The van der Waals surface area contributed by atoms with Crippen molar-refractivity contribution in [2.75, 3.05) is 20.3 Å². The lowest BCUT2D eigenvalue weighted by Gasteiger charge is -2.63. The average Bonchev–Trinajstić information content (AvgIpc) is 3.44. The summed E-state index contributed by atoms with van der Waals surface area (Å²) in [7, 11) is 1.75. The van der Waals surface area contributed by atoms with Gasteiger partial charge in [-0.2, -0.15) is 0 Å². The van der Waals surface area contributed by atoms with Crippen LogP contribution in [0.2, 0.25) is 0 Å². The summed E-state index contributed by atoms with van der Waals surface area (Å²) in [4.78, 5) is 35.5. The van der Waals surface area contributed by atoms with Crippen molar-refractivity contribution in [1.82, 2.24) is 4.98 Å². The number of aromatic nitrogens is 1. The van der Waals surface area contributed by atoms with Gasteiger partial charge in [0.05, 0.1) is 43.6 Å². The maximum Gasteiger partial charge on any atom is 0.307 e. The summed E-state index contributed by atoms with van der Waals surface area (Å²) in [6.07, 6.45) is 6.94. The van der Waals surface area contributed by atoms with Crippen molar-refractivity contribution in [2.24, 2.45) is 69.2 Å². The summed E-state index contributed by atoms with van der Waals surface area (Å²) in [5, 5.41) is 13.2. The molecule has 2 heterocycles. The number of carbonyl (C=O) groups excluding carboxylic acids is 1. The Morgan fingerprint density at radius 1 is 1.23 bits per heavy atom. The Bertz CT molecular complexity index is 1310. The number of aliphatic carboxylic acids is 1. The number of thiazole rings is 1. The van der Waals surface area contributed by atoms with Gasteiger partial charge < -0.3 is 30.8 Å². The van der Waals surface area contributed by atoms with Crippen LogP contribution < -0.4 is 11.5 Å². The number of fused-ring (bicyclic) bond motifs is 3. The number of hydrogen-bond donors (Lipinski definition) is 3. The molecule has 0 spiro atoms. The molecule has 1 saturated heterocycles. The van der Waals surface area contributed by atoms with E-state index in [0.29, 0.717) is 31.7 Å². The number of allylic oxidation sites excluding steroid dienone is 1. The van der Waals surface area contributed by atoms with Crippen LogP contribution in [0.3, 0.4) is 0 Å². The number of rotatable bonds is 9. The zero-order valence-corrected chi connectivity index (χ0v) is 27.1. The van der Waals surface area contributed by atoms with Gasteiger partial charge in [-0.25, -0.2) is 9.98 Å². The maximum atomic E-state index is 14.0. The lowest BCUT2D eigenvalue weighted by molar-refractivity contribution is -0.223. The van der Waals surface area contributed by atoms with E-state index in [1.165, 1.54) is 16.9 Å². The van der Waals surface area contributed by atoms with Crippen molar-refractivity contribution in [1.29, 1.82) is 0 Å². The molecule has 6 rings (SSSR count). The zero-order chi connectivity index (χ0) is 31.3. The molecule has 10 nitrogen and oxygen atoms in total. The monoisotopic (exact) mass is 628 g/mol. The molecule has 5 aliphatic rings. The quantitative estimate of drug-likeness (QED) is 0.267. The molecule has 7 unspecified atom stereocenters. The van der Waals surface area contributed by atoms with E-state index in [0.717, 1.165) is 49.2 Å². The van der Waals surface area contributed by atoms with Crippen LogP contribution in [0.5, 0.6) is 0 Å². The van der Waals surface area contributed by atoms with Crippen molar-refractivity contribution in [3.05, 3.63) is 27.7 Å². The number of carboxylic acids is 1. The molecule has 5 N–H and O–H groups in total. The molecule has 0 radical (unpaired) electrons. The van der Waals surface area contributed by atoms with Crippen LogP contribution in [0.4, 0.5) is 0 Å². The Labute approximate surface area is 264 Å². The van der Waals surface area contributed by atoms with Crippen LogP contribution in [0.25, 0.3) is 0 Å². The molecule has 1 aromatic rings. The lowest BCUT2D eigenvalue weighted by atomic mass is 9.45. The van der Waals surface area contributed by atoms with Gasteiger partial charge in [0.2, 0.25) is 0 Å². The van der Waals surface area contributed by atoms with Gasteiger partial charge in [-0.15, -0.1) is 11.3 Å². The van der Waals surface area contributed by atoms with Gasteiger partial charge in [-0.05, 0) is 81.1 Å². The second kappa shape index (κ2) is 12.5. The Morgan fingerprint density at radius 3 is 2.73 bits per heavy atom. The van der Waals surface area contributed by atoms with Crippen LogP contribution in [0.1, 0.15) is 76.0 Å². The van der Waals surface area contributed by atoms with E-state index in [9.17, 15) is 14.7 Å². The number of nitrogens with zero attached hydrogens (tertiary/aromatic N) is 2. The van der Waals surface area contributed by atoms with Gasteiger partial charge in [0.25, 0.3) is 0 Å². The molecule has 11 heteroatoms. The first kappa shape index (κ1) is 31.6. The van der Waals surface area contributed by atoms with Crippen LogP contribution >= 0.6 is 11.3 Å². The number of ketones is 1. The van der Waals surface area contributed by atoms with E-state index in [4.69, 9.17) is 30.7 Å². The molecule has 242 valence electrons. The topological polar surface area (TPSA) is 159 Å². The average molecular weight is 629 g/mol. The van der Waals surface area contributed by atoms with Gasteiger partial charge >= 0.3 is 5.97 Å². The van der Waals surface area contributed by atoms with Crippen LogP contribution in [0, 0.1) is 52.8 Å². The summed E-state index contributed by atoms with van der Waals surface area (Å²) in [6.45, 7) is 7.71. The van der Waals surface area contributed by atoms with Gasteiger partial charge in [0, 0.05) is 29.7 Å². The molecular weight excluding hydrogens is 580 g/mol. The van der Waals surface area contributed by atoms with Crippen molar-refractivity contribution in [2.45, 2.75) is 84.2 Å². The Hall–Kier alpha value is -2.34. The number of hydrogen-bond acceptors (Lipinski definition) is 8. The van der Waals surface area contributed by atoms with E-state index in [1.54, 1.807) is 7.11 Å². The molecule has 1 aliphatic heterocycles. The first-order valence-electron chi connectivity index (χ1n) is 16.3. The van der Waals surface area contributed by atoms with Gasteiger partial charge in [0.1, 0.15) is 11.0 Å². The second-order valence-electron chi connectivity index (χ2n) is 14.3. The highest BCUT2D eigenvalue weighted by molar-refractivity contribution is 7.09. The molecular formula is C33H48N4O6S. The predicted molar refractivity (Wildman–Crippen MR) is 167 cm³/mol. The molecule has 44 heavy (non-hydrogen) atoms. The first-order valence-corrected chi connectivity index (χ1v) is 17.2. The highest BCUT2D eigenvalue weighted by Gasteiger charge is 2.63. The standard InChI is InChI=1S/C33H48N4O6S/c1-16(2)9-18-5-6-21-20-7-8-23-22-13-42-15-33(23,24(20)10-25(38)28(21)27(18)31(39)40)11-26(41-4)29(22)43-12-19-14-44-30(37-19)17(3)36-32(34)35/h10,14,16-18,20-23,26-29H,5-9,11-13,15H2,1-4H3,(H,39,40)(H4,34,35,36)/t17-,18?,20?,21?,22?,23?,26+,27?,28?,29+,33+/m0/s1. The molecule has 0 aromatic carbocycles. The minimum Gasteiger partial charge on any atom is -0.481 e. The van der Waals surface area contributed by atoms with Crippen molar-refractivity contribution < 1.29 is 28.9 Å². The normalized spacial score (nSPS) is 38.6. The second-order valence-corrected chi connectivity index (χ2v) is 15.2. The van der Waals surface area contributed by atoms with Crippen LogP contribution in [0.15, 0.2) is 22.0 Å². The molecule has 3 saturated carbocycles. The maximum absolute atomic E-state index is 14.0. The minimum atomic E-state index is -0.807. The fourth-order valence-corrected chi connectivity index (χ4v) is 10.7. The fourth-order valence-electron chi connectivity index (χ4n) is 9.91. The summed E-state index contributed by atoms with van der Waals surface area (Å²) < 4.78 is 19.1. The smallest absolute Gasteiger partial charge is 0.307 e. The first-order chi connectivity index (χ1) is 21.0. The van der Waals surface area contributed by atoms with E-state index in [1.807, 2.05) is 18.4 Å². The van der Waals surface area contributed by atoms with Gasteiger partial charge in [0.15, 0.2) is 11.7 Å². The number of ether oxygens (including phenoxy) is 3. The van der Waals surface area contributed by atoms with Crippen molar-refractivity contribution in [3.63, 3.8) is 0 Å². The van der Waals surface area contributed by atoms with Gasteiger partial charge in [-0.1, -0.05) is 19.4 Å². The van der Waals surface area contributed by atoms with E-state index in [2.05, 4.69) is 18.8 Å². The number of methoxy groups -OCH3 is 1. The highest BCUT2D eigenvalue weighted by atomic mass is 32.1. The van der Waals surface area contributed by atoms with Gasteiger partial charge in [-0.3, -0.25) is 9.59 Å². The van der Waals surface area contributed by atoms with E-state index >= 15 is 0 Å². The summed E-state index contributed by atoms with van der Waals surface area (Å²) in [6, 6.07) is -0.218. The SMILES string of the molecule is CO[C@@H]1C[C@@]23COCC(C2CCC2C3=CC(=O)C3C2CCC(CC(C)C)C3C(=O)O)[C@H]1OCc1csc([C@H](C)N=C(N)N)n1. The Morgan fingerprint density at radius 2 is 2.02 bits per heavy atom. The molecule has 11 atom stereocenters. The highest BCUT2D eigenvalue weighted by Crippen LogP contribution is 2.64. The third-order valence-corrected chi connectivity index (χ3v) is 12.5. The predicted octanol–water partition coefficient (Wildman–Crippen LogP) is 4.34. The van der Waals surface area contributed by atoms with Crippen molar-refractivity contribution >= 4 is 29.0 Å². The summed E-state index contributed by atoms with van der Waals surface area (Å²) >= 11 is 1.51. The lowest BCUT2D eigenvalue weighted by Crippen LogP contribution is -2.64. The van der Waals surface area contributed by atoms with Crippen LogP contribution in [-0.4, -0.2) is 60.3 Å². The Balaban J connectivity index is 1.24. The minimum absolute atomic E-state index is 0.0147. The molecule has 0 amide bonds. The summed E-state index contributed by atoms with van der Waals surface area (Å²) in [5.41, 5.74) is 12.9.